The third kappa shape index (κ3) is 5.61. The van der Waals surface area contributed by atoms with Crippen molar-refractivity contribution < 1.29 is 13.2 Å². The molecule has 2 heterocycles. The standard InChI is InChI=1S/C27H33N3O3S2/c1-28-12-4-13-29(16-15-28)14-5-18-33-24-9-11-27-26(21-24)30(17-19-34-27)35(31,32)25-10-8-22-6-2-3-7-23(22)20-25/h2-3,6-11,20-21H,4-5,12-19H2,1H3. The predicted molar refractivity (Wildman–Crippen MR) is 144 cm³/mol. The van der Waals surface area contributed by atoms with Crippen LogP contribution in [0.2, 0.25) is 0 Å². The fraction of sp³-hybridized carbons (Fsp3) is 0.407. The van der Waals surface area contributed by atoms with Gasteiger partial charge in [-0.15, -0.1) is 11.8 Å². The average Bonchev–Trinajstić information content (AvgIpc) is 3.09. The fourth-order valence-electron chi connectivity index (χ4n) is 4.77. The molecule has 0 bridgehead atoms. The van der Waals surface area contributed by atoms with E-state index in [0.29, 0.717) is 23.7 Å². The van der Waals surface area contributed by atoms with Gasteiger partial charge in [0.2, 0.25) is 0 Å². The van der Waals surface area contributed by atoms with Crippen molar-refractivity contribution in [3.05, 3.63) is 60.7 Å². The molecule has 1 fully saturated rings. The molecule has 2 aliphatic rings. The van der Waals surface area contributed by atoms with Crippen LogP contribution >= 0.6 is 11.8 Å². The summed E-state index contributed by atoms with van der Waals surface area (Å²) in [6.45, 7) is 6.62. The van der Waals surface area contributed by atoms with Crippen LogP contribution in [0.1, 0.15) is 12.8 Å². The lowest BCUT2D eigenvalue weighted by Crippen LogP contribution is -2.35. The third-order valence-electron chi connectivity index (χ3n) is 6.76. The number of likely N-dealkylation sites (N-methyl/N-ethyl adjacent to an activating group) is 1. The molecule has 35 heavy (non-hydrogen) atoms. The highest BCUT2D eigenvalue weighted by Crippen LogP contribution is 2.40. The van der Waals surface area contributed by atoms with Gasteiger partial charge in [-0.3, -0.25) is 4.31 Å². The number of sulfonamides is 1. The van der Waals surface area contributed by atoms with Gasteiger partial charge in [-0.05, 0) is 68.0 Å². The SMILES string of the molecule is CN1CCCN(CCCOc2ccc3c(c2)N(S(=O)(=O)c2ccc4ccccc4c2)CCS3)CC1. The van der Waals surface area contributed by atoms with E-state index in [2.05, 4.69) is 16.8 Å². The molecule has 3 aromatic carbocycles. The normalized spacial score (nSPS) is 17.8. The van der Waals surface area contributed by atoms with Gasteiger partial charge >= 0.3 is 0 Å². The largest absolute Gasteiger partial charge is 0.493 e. The first-order valence-electron chi connectivity index (χ1n) is 12.3. The molecular weight excluding hydrogens is 478 g/mol. The highest BCUT2D eigenvalue weighted by molar-refractivity contribution is 8.00. The Bertz CT molecular complexity index is 1280. The van der Waals surface area contributed by atoms with Crippen LogP contribution in [-0.4, -0.2) is 76.9 Å². The van der Waals surface area contributed by atoms with Gasteiger partial charge in [0.25, 0.3) is 10.0 Å². The molecule has 0 aliphatic carbocycles. The van der Waals surface area contributed by atoms with Crippen molar-refractivity contribution in [2.45, 2.75) is 22.6 Å². The van der Waals surface area contributed by atoms with Gasteiger partial charge in [0.15, 0.2) is 0 Å². The zero-order valence-corrected chi connectivity index (χ0v) is 21.9. The number of rotatable bonds is 7. The summed E-state index contributed by atoms with van der Waals surface area (Å²) in [6.07, 6.45) is 2.16. The lowest BCUT2D eigenvalue weighted by atomic mass is 10.1. The summed E-state index contributed by atoms with van der Waals surface area (Å²) in [5.41, 5.74) is 0.711. The van der Waals surface area contributed by atoms with Crippen LogP contribution in [-0.2, 0) is 10.0 Å². The molecule has 1 saturated heterocycles. The van der Waals surface area contributed by atoms with Crippen LogP contribution in [0.5, 0.6) is 5.75 Å². The number of nitrogens with zero attached hydrogens (tertiary/aromatic N) is 3. The Balaban J connectivity index is 1.28. The van der Waals surface area contributed by atoms with Gasteiger partial charge in [0, 0.05) is 42.9 Å². The number of benzene rings is 3. The molecule has 0 atom stereocenters. The first-order chi connectivity index (χ1) is 17.0. The lowest BCUT2D eigenvalue weighted by molar-refractivity contribution is 0.237. The third-order valence-corrected chi connectivity index (χ3v) is 9.61. The summed E-state index contributed by atoms with van der Waals surface area (Å²) in [5.74, 6) is 1.45. The van der Waals surface area contributed by atoms with Crippen molar-refractivity contribution >= 4 is 38.2 Å². The van der Waals surface area contributed by atoms with Crippen molar-refractivity contribution in [3.63, 3.8) is 0 Å². The maximum absolute atomic E-state index is 13.7. The number of hydrogen-bond acceptors (Lipinski definition) is 6. The van der Waals surface area contributed by atoms with Gasteiger partial charge in [-0.1, -0.05) is 30.3 Å². The molecule has 2 aliphatic heterocycles. The average molecular weight is 512 g/mol. The van der Waals surface area contributed by atoms with Crippen molar-refractivity contribution in [2.24, 2.45) is 0 Å². The first kappa shape index (κ1) is 24.4. The summed E-state index contributed by atoms with van der Waals surface area (Å²) in [7, 11) is -1.49. The quantitative estimate of drug-likeness (QED) is 0.434. The molecule has 8 heteroatoms. The summed E-state index contributed by atoms with van der Waals surface area (Å²) in [5, 5.41) is 1.96. The smallest absolute Gasteiger partial charge is 0.264 e. The second-order valence-electron chi connectivity index (χ2n) is 9.26. The van der Waals surface area contributed by atoms with Gasteiger partial charge < -0.3 is 14.5 Å². The van der Waals surface area contributed by atoms with Crippen LogP contribution in [0, 0.1) is 0 Å². The van der Waals surface area contributed by atoms with E-state index in [1.165, 1.54) is 13.0 Å². The molecule has 6 nitrogen and oxygen atoms in total. The highest BCUT2D eigenvalue weighted by atomic mass is 32.2. The topological polar surface area (TPSA) is 53.1 Å². The fourth-order valence-corrected chi connectivity index (χ4v) is 7.43. The van der Waals surface area contributed by atoms with Crippen LogP contribution in [0.25, 0.3) is 10.8 Å². The second-order valence-corrected chi connectivity index (χ2v) is 12.3. The van der Waals surface area contributed by atoms with Crippen molar-refractivity contribution in [1.82, 2.24) is 9.80 Å². The lowest BCUT2D eigenvalue weighted by Gasteiger charge is -2.30. The van der Waals surface area contributed by atoms with E-state index in [-0.39, 0.29) is 0 Å². The number of thioether (sulfide) groups is 1. The number of anilines is 1. The number of ether oxygens (including phenoxy) is 1. The van der Waals surface area contributed by atoms with Crippen molar-refractivity contribution in [2.75, 3.05) is 63.0 Å². The second kappa shape index (κ2) is 10.8. The molecule has 0 saturated carbocycles. The summed E-state index contributed by atoms with van der Waals surface area (Å²) in [6, 6.07) is 19.0. The Hall–Kier alpha value is -2.26. The zero-order chi connectivity index (χ0) is 24.3. The molecule has 5 rings (SSSR count). The Morgan fingerprint density at radius 3 is 2.66 bits per heavy atom. The molecule has 0 spiro atoms. The van der Waals surface area contributed by atoms with E-state index in [9.17, 15) is 8.42 Å². The van der Waals surface area contributed by atoms with Crippen LogP contribution in [0.4, 0.5) is 5.69 Å². The Morgan fingerprint density at radius 1 is 0.914 bits per heavy atom. The van der Waals surface area contributed by atoms with Crippen LogP contribution in [0.15, 0.2) is 70.5 Å². The molecule has 0 N–H and O–H groups in total. The van der Waals surface area contributed by atoms with Gasteiger partial charge in [0.05, 0.1) is 17.2 Å². The number of hydrogen-bond donors (Lipinski definition) is 0. The van der Waals surface area contributed by atoms with E-state index in [1.807, 2.05) is 48.5 Å². The van der Waals surface area contributed by atoms with E-state index >= 15 is 0 Å². The van der Waals surface area contributed by atoms with E-state index < -0.39 is 10.0 Å². The summed E-state index contributed by atoms with van der Waals surface area (Å²) in [4.78, 5) is 6.19. The Labute approximate surface area is 212 Å². The van der Waals surface area contributed by atoms with Gasteiger partial charge in [0.1, 0.15) is 5.75 Å². The van der Waals surface area contributed by atoms with E-state index in [4.69, 9.17) is 4.74 Å². The molecule has 0 unspecified atom stereocenters. The Kier molecular flexibility index (Phi) is 7.53. The minimum absolute atomic E-state index is 0.323. The maximum Gasteiger partial charge on any atom is 0.264 e. The molecule has 186 valence electrons. The molecule has 3 aromatic rings. The Morgan fingerprint density at radius 2 is 1.77 bits per heavy atom. The molecule has 0 amide bonds. The van der Waals surface area contributed by atoms with E-state index in [0.717, 1.165) is 59.8 Å². The minimum atomic E-state index is -3.68. The van der Waals surface area contributed by atoms with Crippen LogP contribution in [0.3, 0.4) is 0 Å². The first-order valence-corrected chi connectivity index (χ1v) is 14.8. The number of fused-ring (bicyclic) bond motifs is 2. The maximum atomic E-state index is 13.7. The van der Waals surface area contributed by atoms with E-state index in [1.54, 1.807) is 28.2 Å². The summed E-state index contributed by atoms with van der Waals surface area (Å²) < 4.78 is 34.9. The monoisotopic (exact) mass is 511 g/mol. The predicted octanol–water partition coefficient (Wildman–Crippen LogP) is 4.55. The van der Waals surface area contributed by atoms with Crippen LogP contribution < -0.4 is 9.04 Å². The minimum Gasteiger partial charge on any atom is -0.493 e. The van der Waals surface area contributed by atoms with Gasteiger partial charge in [-0.2, -0.15) is 0 Å². The zero-order valence-electron chi connectivity index (χ0n) is 20.2. The summed E-state index contributed by atoms with van der Waals surface area (Å²) >= 11 is 1.69. The highest BCUT2D eigenvalue weighted by Gasteiger charge is 2.30. The van der Waals surface area contributed by atoms with Crippen molar-refractivity contribution in [3.8, 4) is 5.75 Å². The van der Waals surface area contributed by atoms with Crippen molar-refractivity contribution in [1.29, 1.82) is 0 Å². The molecule has 0 aromatic heterocycles. The molecule has 0 radical (unpaired) electrons. The molecular formula is C27H33N3O3S2. The van der Waals surface area contributed by atoms with Gasteiger partial charge in [-0.25, -0.2) is 8.42 Å².